The average molecular weight is 461 g/mol. The molecule has 2 rings (SSSR count). The van der Waals surface area contributed by atoms with Gasteiger partial charge in [0.1, 0.15) is 6.61 Å². The highest BCUT2D eigenvalue weighted by molar-refractivity contribution is 9.10. The van der Waals surface area contributed by atoms with Crippen LogP contribution in [0.15, 0.2) is 34.8 Å². The molecule has 2 aromatic carbocycles. The molecular weight excluding hydrogens is 437 g/mol. The normalized spacial score (nSPS) is 11.5. The quantitative estimate of drug-likeness (QED) is 0.503. The van der Waals surface area contributed by atoms with E-state index < -0.39 is 0 Å². The maximum absolute atomic E-state index is 6.22. The number of halogens is 3. The number of ether oxygens (including phenoxy) is 2. The van der Waals surface area contributed by atoms with Crippen LogP contribution in [-0.2, 0) is 13.2 Å². The van der Waals surface area contributed by atoms with Gasteiger partial charge in [-0.1, -0.05) is 45.2 Å². The predicted molar refractivity (Wildman–Crippen MR) is 113 cm³/mol. The molecule has 3 nitrogen and oxygen atoms in total. The van der Waals surface area contributed by atoms with Crippen LogP contribution in [-0.4, -0.2) is 12.1 Å². The highest BCUT2D eigenvalue weighted by Crippen LogP contribution is 2.35. The van der Waals surface area contributed by atoms with Gasteiger partial charge in [-0.3, -0.25) is 0 Å². The van der Waals surface area contributed by atoms with Crippen molar-refractivity contribution in [3.63, 3.8) is 0 Å². The van der Waals surface area contributed by atoms with Gasteiger partial charge in [0.25, 0.3) is 0 Å². The van der Waals surface area contributed by atoms with E-state index in [-0.39, 0.29) is 5.54 Å². The van der Waals surface area contributed by atoms with Crippen molar-refractivity contribution in [2.24, 2.45) is 0 Å². The summed E-state index contributed by atoms with van der Waals surface area (Å²) in [6, 6.07) is 9.32. The van der Waals surface area contributed by atoms with Gasteiger partial charge in [0.15, 0.2) is 11.5 Å². The first-order chi connectivity index (χ1) is 12.2. The summed E-state index contributed by atoms with van der Waals surface area (Å²) in [6.07, 6.45) is 0. The van der Waals surface area contributed by atoms with E-state index in [1.807, 2.05) is 25.1 Å². The lowest BCUT2D eigenvalue weighted by Crippen LogP contribution is -2.35. The van der Waals surface area contributed by atoms with Crippen molar-refractivity contribution >= 4 is 39.1 Å². The standard InChI is InChI=1S/C20H24BrCl2NO2/c1-5-25-18-8-14(11-24-20(2,3)4)16(21)10-19(18)26-12-13-6-7-15(22)9-17(13)23/h6-10,24H,5,11-12H2,1-4H3. The fourth-order valence-corrected chi connectivity index (χ4v) is 3.17. The van der Waals surface area contributed by atoms with E-state index in [2.05, 4.69) is 42.0 Å². The van der Waals surface area contributed by atoms with Gasteiger partial charge >= 0.3 is 0 Å². The molecule has 0 saturated heterocycles. The number of benzene rings is 2. The maximum atomic E-state index is 6.22. The van der Waals surface area contributed by atoms with Crippen LogP contribution in [0.5, 0.6) is 11.5 Å². The Hall–Kier alpha value is -0.940. The fourth-order valence-electron chi connectivity index (χ4n) is 2.25. The number of nitrogens with one attached hydrogen (secondary N) is 1. The van der Waals surface area contributed by atoms with E-state index in [1.54, 1.807) is 12.1 Å². The third kappa shape index (κ3) is 6.34. The summed E-state index contributed by atoms with van der Waals surface area (Å²) in [4.78, 5) is 0. The van der Waals surface area contributed by atoms with E-state index in [0.717, 1.165) is 22.1 Å². The largest absolute Gasteiger partial charge is 0.490 e. The molecule has 0 amide bonds. The Morgan fingerprint density at radius 1 is 1.00 bits per heavy atom. The summed E-state index contributed by atoms with van der Waals surface area (Å²) in [6.45, 7) is 9.99. The van der Waals surface area contributed by atoms with Gasteiger partial charge in [-0.25, -0.2) is 0 Å². The molecule has 2 aromatic rings. The highest BCUT2D eigenvalue weighted by atomic mass is 79.9. The molecule has 6 heteroatoms. The van der Waals surface area contributed by atoms with Gasteiger partial charge in [0, 0.05) is 32.2 Å². The second kappa shape index (κ2) is 9.32. The van der Waals surface area contributed by atoms with Gasteiger partial charge in [-0.2, -0.15) is 0 Å². The zero-order valence-electron chi connectivity index (χ0n) is 15.5. The molecule has 0 aliphatic carbocycles. The van der Waals surface area contributed by atoms with Crippen molar-refractivity contribution in [3.8, 4) is 11.5 Å². The van der Waals surface area contributed by atoms with Crippen LogP contribution in [0.3, 0.4) is 0 Å². The van der Waals surface area contributed by atoms with Gasteiger partial charge in [0.2, 0.25) is 0 Å². The summed E-state index contributed by atoms with van der Waals surface area (Å²) in [7, 11) is 0. The van der Waals surface area contributed by atoms with Crippen LogP contribution in [0.4, 0.5) is 0 Å². The van der Waals surface area contributed by atoms with Crippen LogP contribution in [0, 0.1) is 0 Å². The summed E-state index contributed by atoms with van der Waals surface area (Å²) in [5.41, 5.74) is 2.01. The lowest BCUT2D eigenvalue weighted by atomic mass is 10.1. The van der Waals surface area contributed by atoms with Crippen LogP contribution in [0.2, 0.25) is 10.0 Å². The van der Waals surface area contributed by atoms with Crippen LogP contribution in [0.1, 0.15) is 38.8 Å². The molecule has 0 unspecified atom stereocenters. The summed E-state index contributed by atoms with van der Waals surface area (Å²) >= 11 is 15.8. The van der Waals surface area contributed by atoms with Gasteiger partial charge < -0.3 is 14.8 Å². The Kier molecular flexibility index (Phi) is 7.65. The highest BCUT2D eigenvalue weighted by Gasteiger charge is 2.14. The first kappa shape index (κ1) is 21.4. The van der Waals surface area contributed by atoms with E-state index in [1.165, 1.54) is 0 Å². The van der Waals surface area contributed by atoms with Crippen molar-refractivity contribution in [1.82, 2.24) is 5.32 Å². The lowest BCUT2D eigenvalue weighted by molar-refractivity contribution is 0.268. The van der Waals surface area contributed by atoms with E-state index >= 15 is 0 Å². The molecule has 142 valence electrons. The van der Waals surface area contributed by atoms with Gasteiger partial charge in [-0.05, 0) is 57.5 Å². The lowest BCUT2D eigenvalue weighted by Gasteiger charge is -2.22. The molecular formula is C20H24BrCl2NO2. The van der Waals surface area contributed by atoms with Gasteiger partial charge in [-0.15, -0.1) is 0 Å². The Labute approximate surface area is 174 Å². The average Bonchev–Trinajstić information content (AvgIpc) is 2.54. The molecule has 0 radical (unpaired) electrons. The molecule has 0 aliphatic heterocycles. The SMILES string of the molecule is CCOc1cc(CNC(C)(C)C)c(Br)cc1OCc1ccc(Cl)cc1Cl. The van der Waals surface area contributed by atoms with Crippen molar-refractivity contribution in [2.75, 3.05) is 6.61 Å². The first-order valence-electron chi connectivity index (χ1n) is 8.46. The summed E-state index contributed by atoms with van der Waals surface area (Å²) in [5, 5.41) is 4.67. The molecule has 0 fully saturated rings. The molecule has 0 spiro atoms. The van der Waals surface area contributed by atoms with E-state index in [9.17, 15) is 0 Å². The summed E-state index contributed by atoms with van der Waals surface area (Å²) in [5.74, 6) is 1.38. The number of rotatable bonds is 7. The number of hydrogen-bond donors (Lipinski definition) is 1. The Morgan fingerprint density at radius 2 is 1.69 bits per heavy atom. The smallest absolute Gasteiger partial charge is 0.162 e. The third-order valence-electron chi connectivity index (χ3n) is 3.62. The summed E-state index contributed by atoms with van der Waals surface area (Å²) < 4.78 is 12.7. The minimum Gasteiger partial charge on any atom is -0.490 e. The fraction of sp³-hybridized carbons (Fsp3) is 0.400. The van der Waals surface area contributed by atoms with Crippen LogP contribution < -0.4 is 14.8 Å². The molecule has 0 atom stereocenters. The van der Waals surface area contributed by atoms with Crippen molar-refractivity contribution in [1.29, 1.82) is 0 Å². The predicted octanol–water partition coefficient (Wildman–Crippen LogP) is 6.62. The second-order valence-corrected chi connectivity index (χ2v) is 8.65. The Morgan fingerprint density at radius 3 is 2.31 bits per heavy atom. The molecule has 26 heavy (non-hydrogen) atoms. The minimum absolute atomic E-state index is 0.0335. The van der Waals surface area contributed by atoms with Crippen LogP contribution >= 0.6 is 39.1 Å². The van der Waals surface area contributed by atoms with E-state index in [0.29, 0.717) is 34.8 Å². The van der Waals surface area contributed by atoms with Crippen LogP contribution in [0.25, 0.3) is 0 Å². The maximum Gasteiger partial charge on any atom is 0.162 e. The Balaban J connectivity index is 2.20. The first-order valence-corrected chi connectivity index (χ1v) is 10.0. The second-order valence-electron chi connectivity index (χ2n) is 6.95. The molecule has 0 saturated carbocycles. The number of hydrogen-bond acceptors (Lipinski definition) is 3. The van der Waals surface area contributed by atoms with Crippen molar-refractivity contribution in [3.05, 3.63) is 56.0 Å². The third-order valence-corrected chi connectivity index (χ3v) is 4.95. The van der Waals surface area contributed by atoms with Crippen molar-refractivity contribution in [2.45, 2.75) is 46.4 Å². The monoisotopic (exact) mass is 459 g/mol. The Bertz CT molecular complexity index is 760. The van der Waals surface area contributed by atoms with Gasteiger partial charge in [0.05, 0.1) is 6.61 Å². The zero-order valence-corrected chi connectivity index (χ0v) is 18.6. The minimum atomic E-state index is 0.0335. The topological polar surface area (TPSA) is 30.5 Å². The molecule has 0 heterocycles. The molecule has 0 aromatic heterocycles. The zero-order chi connectivity index (χ0) is 19.3. The molecule has 0 aliphatic rings. The molecule has 1 N–H and O–H groups in total. The molecule has 0 bridgehead atoms. The van der Waals surface area contributed by atoms with E-state index in [4.69, 9.17) is 32.7 Å². The van der Waals surface area contributed by atoms with Crippen molar-refractivity contribution < 1.29 is 9.47 Å².